The quantitative estimate of drug-likeness (QED) is 0.856. The molecule has 2 aromatic heterocycles. The fourth-order valence-electron chi connectivity index (χ4n) is 1.60. The fraction of sp³-hybridized carbons (Fsp3) is 0.417. The van der Waals surface area contributed by atoms with Gasteiger partial charge in [-0.2, -0.15) is 0 Å². The molecule has 0 amide bonds. The van der Waals surface area contributed by atoms with Crippen molar-refractivity contribution in [2.45, 2.75) is 20.0 Å². The molecule has 0 aliphatic rings. The molecular weight excluding hydrogens is 234 g/mol. The van der Waals surface area contributed by atoms with Crippen LogP contribution in [0.3, 0.4) is 0 Å². The van der Waals surface area contributed by atoms with Gasteiger partial charge in [-0.25, -0.2) is 4.98 Å². The molecule has 4 nitrogen and oxygen atoms in total. The lowest BCUT2D eigenvalue weighted by Crippen LogP contribution is -2.21. The van der Waals surface area contributed by atoms with Gasteiger partial charge in [-0.15, -0.1) is 11.3 Å². The maximum atomic E-state index is 5.36. The molecule has 0 saturated carbocycles. The monoisotopic (exact) mass is 251 g/mol. The van der Waals surface area contributed by atoms with E-state index in [9.17, 15) is 0 Å². The summed E-state index contributed by atoms with van der Waals surface area (Å²) in [6.07, 6.45) is 3.64. The van der Waals surface area contributed by atoms with Crippen LogP contribution in [-0.2, 0) is 13.1 Å². The molecule has 0 bridgehead atoms. The summed E-state index contributed by atoms with van der Waals surface area (Å²) in [5.74, 6) is 0.970. The van der Waals surface area contributed by atoms with Crippen LogP contribution < -0.4 is 10.2 Å². The highest BCUT2D eigenvalue weighted by Crippen LogP contribution is 2.23. The van der Waals surface area contributed by atoms with Crippen molar-refractivity contribution in [3.8, 4) is 0 Å². The third-order valence-electron chi connectivity index (χ3n) is 2.47. The second kappa shape index (κ2) is 5.84. The van der Waals surface area contributed by atoms with Crippen molar-refractivity contribution in [3.63, 3.8) is 0 Å². The number of anilines is 1. The zero-order chi connectivity index (χ0) is 12.1. The Bertz CT molecular complexity index is 438. The van der Waals surface area contributed by atoms with Crippen molar-refractivity contribution < 1.29 is 4.42 Å². The van der Waals surface area contributed by atoms with Crippen LogP contribution in [0, 0.1) is 0 Å². The molecule has 2 heterocycles. The fourth-order valence-corrected chi connectivity index (χ4v) is 2.59. The summed E-state index contributed by atoms with van der Waals surface area (Å²) in [7, 11) is 1.94. The molecule has 17 heavy (non-hydrogen) atoms. The van der Waals surface area contributed by atoms with Crippen LogP contribution in [0.1, 0.15) is 17.6 Å². The van der Waals surface area contributed by atoms with Gasteiger partial charge in [-0.1, -0.05) is 0 Å². The number of nitrogens with one attached hydrogen (secondary N) is 1. The predicted molar refractivity (Wildman–Crippen MR) is 70.3 cm³/mol. The minimum atomic E-state index is 0.774. The summed E-state index contributed by atoms with van der Waals surface area (Å²) in [5.41, 5.74) is 0. The van der Waals surface area contributed by atoms with E-state index in [4.69, 9.17) is 4.42 Å². The van der Waals surface area contributed by atoms with Crippen molar-refractivity contribution in [2.75, 3.05) is 18.5 Å². The van der Waals surface area contributed by atoms with Crippen molar-refractivity contribution >= 4 is 16.5 Å². The molecule has 1 N–H and O–H groups in total. The van der Waals surface area contributed by atoms with E-state index in [2.05, 4.69) is 22.1 Å². The minimum Gasteiger partial charge on any atom is -0.467 e. The number of nitrogens with zero attached hydrogens (tertiary/aromatic N) is 2. The lowest BCUT2D eigenvalue weighted by atomic mass is 10.4. The highest BCUT2D eigenvalue weighted by atomic mass is 32.1. The van der Waals surface area contributed by atoms with E-state index in [1.807, 2.05) is 25.4 Å². The average Bonchev–Trinajstić information content (AvgIpc) is 2.97. The number of thiazole rings is 1. The third kappa shape index (κ3) is 3.08. The third-order valence-corrected chi connectivity index (χ3v) is 3.53. The lowest BCUT2D eigenvalue weighted by molar-refractivity contribution is 0.503. The van der Waals surface area contributed by atoms with Crippen LogP contribution in [-0.4, -0.2) is 18.6 Å². The Morgan fingerprint density at radius 1 is 1.53 bits per heavy atom. The van der Waals surface area contributed by atoms with Gasteiger partial charge >= 0.3 is 0 Å². The van der Waals surface area contributed by atoms with E-state index >= 15 is 0 Å². The van der Waals surface area contributed by atoms with Gasteiger partial charge < -0.3 is 14.6 Å². The summed E-state index contributed by atoms with van der Waals surface area (Å²) < 4.78 is 5.36. The summed E-state index contributed by atoms with van der Waals surface area (Å²) in [4.78, 5) is 7.91. The first-order chi connectivity index (χ1) is 8.33. The number of aromatic nitrogens is 1. The zero-order valence-corrected chi connectivity index (χ0v) is 11.0. The van der Waals surface area contributed by atoms with Gasteiger partial charge in [0.15, 0.2) is 5.13 Å². The molecule has 92 valence electrons. The lowest BCUT2D eigenvalue weighted by Gasteiger charge is -2.17. The van der Waals surface area contributed by atoms with Crippen molar-refractivity contribution in [2.24, 2.45) is 0 Å². The predicted octanol–water partition coefficient (Wildman–Crippen LogP) is 2.48. The van der Waals surface area contributed by atoms with Crippen molar-refractivity contribution in [1.29, 1.82) is 0 Å². The Balaban J connectivity index is 2.06. The van der Waals surface area contributed by atoms with Crippen molar-refractivity contribution in [1.82, 2.24) is 10.3 Å². The van der Waals surface area contributed by atoms with Gasteiger partial charge in [0.2, 0.25) is 0 Å². The topological polar surface area (TPSA) is 41.3 Å². The van der Waals surface area contributed by atoms with Gasteiger partial charge in [0.25, 0.3) is 0 Å². The van der Waals surface area contributed by atoms with Gasteiger partial charge in [0.1, 0.15) is 5.76 Å². The molecule has 5 heteroatoms. The molecule has 0 saturated heterocycles. The van der Waals surface area contributed by atoms with E-state index in [1.165, 1.54) is 4.88 Å². The zero-order valence-electron chi connectivity index (χ0n) is 10.1. The first-order valence-corrected chi connectivity index (χ1v) is 6.51. The van der Waals surface area contributed by atoms with Gasteiger partial charge in [-0.05, 0) is 26.1 Å². The summed E-state index contributed by atoms with van der Waals surface area (Å²) >= 11 is 1.72. The largest absolute Gasteiger partial charge is 0.467 e. The molecule has 0 aliphatic carbocycles. The van der Waals surface area contributed by atoms with Gasteiger partial charge in [0.05, 0.1) is 12.8 Å². The second-order valence-corrected chi connectivity index (χ2v) is 4.83. The molecular formula is C12H17N3OS. The van der Waals surface area contributed by atoms with Gasteiger partial charge in [0, 0.05) is 24.2 Å². The van der Waals surface area contributed by atoms with Crippen LogP contribution in [0.25, 0.3) is 0 Å². The molecule has 0 aromatic carbocycles. The standard InChI is InChI=1S/C12H17N3OS/c1-3-15(9-10-5-4-6-16-10)12-14-8-11(17-12)7-13-2/h4-6,8,13H,3,7,9H2,1-2H3. The summed E-state index contributed by atoms with van der Waals surface area (Å²) in [6, 6.07) is 3.90. The molecule has 0 fully saturated rings. The SMILES string of the molecule is CCN(Cc1ccco1)c1ncc(CNC)s1. The highest BCUT2D eigenvalue weighted by molar-refractivity contribution is 7.15. The van der Waals surface area contributed by atoms with Crippen molar-refractivity contribution in [3.05, 3.63) is 35.2 Å². The average molecular weight is 251 g/mol. The van der Waals surface area contributed by atoms with Crippen LogP contribution in [0.2, 0.25) is 0 Å². The Hall–Kier alpha value is -1.33. The Morgan fingerprint density at radius 2 is 2.41 bits per heavy atom. The van der Waals surface area contributed by atoms with Crippen LogP contribution in [0.4, 0.5) is 5.13 Å². The number of hydrogen-bond acceptors (Lipinski definition) is 5. The molecule has 0 unspecified atom stereocenters. The second-order valence-electron chi connectivity index (χ2n) is 3.73. The highest BCUT2D eigenvalue weighted by Gasteiger charge is 2.11. The normalized spacial score (nSPS) is 10.7. The maximum absolute atomic E-state index is 5.36. The van der Waals surface area contributed by atoms with E-state index in [1.54, 1.807) is 17.6 Å². The molecule has 2 aromatic rings. The smallest absolute Gasteiger partial charge is 0.185 e. The Morgan fingerprint density at radius 3 is 3.06 bits per heavy atom. The van der Waals surface area contributed by atoms with Crippen LogP contribution >= 0.6 is 11.3 Å². The first-order valence-electron chi connectivity index (χ1n) is 5.70. The van der Waals surface area contributed by atoms with E-state index < -0.39 is 0 Å². The van der Waals surface area contributed by atoms with Crippen LogP contribution in [0.5, 0.6) is 0 Å². The molecule has 2 rings (SSSR count). The van der Waals surface area contributed by atoms with Gasteiger partial charge in [-0.3, -0.25) is 0 Å². The van der Waals surface area contributed by atoms with E-state index in [-0.39, 0.29) is 0 Å². The Kier molecular flexibility index (Phi) is 4.17. The molecule has 0 spiro atoms. The summed E-state index contributed by atoms with van der Waals surface area (Å²) in [6.45, 7) is 4.70. The molecule has 0 radical (unpaired) electrons. The number of furan rings is 1. The Labute approximate surface area is 105 Å². The minimum absolute atomic E-state index is 0.774. The number of rotatable bonds is 6. The molecule has 0 atom stereocenters. The number of hydrogen-bond donors (Lipinski definition) is 1. The van der Waals surface area contributed by atoms with E-state index in [0.717, 1.165) is 30.5 Å². The first kappa shape index (κ1) is 12.1. The molecule has 0 aliphatic heterocycles. The summed E-state index contributed by atoms with van der Waals surface area (Å²) in [5, 5.41) is 4.18. The van der Waals surface area contributed by atoms with Crippen LogP contribution in [0.15, 0.2) is 29.0 Å². The maximum Gasteiger partial charge on any atom is 0.185 e. The van der Waals surface area contributed by atoms with E-state index in [0.29, 0.717) is 0 Å².